The molecule has 0 bridgehead atoms. The highest BCUT2D eigenvalue weighted by Gasteiger charge is 2.62. The van der Waals surface area contributed by atoms with Crippen molar-refractivity contribution in [2.24, 2.45) is 0 Å². The Hall–Kier alpha value is -6.10. The lowest BCUT2D eigenvalue weighted by Gasteiger charge is -2.43. The van der Waals surface area contributed by atoms with E-state index < -0.39 is 65.5 Å². The topological polar surface area (TPSA) is 190 Å². The Morgan fingerprint density at radius 3 is 2.11 bits per heavy atom. The van der Waals surface area contributed by atoms with E-state index in [0.29, 0.717) is 37.7 Å². The molecule has 5 aliphatic rings. The summed E-state index contributed by atoms with van der Waals surface area (Å²) < 4.78 is 140. The number of alkyl halides is 9. The van der Waals surface area contributed by atoms with Gasteiger partial charge in [0.15, 0.2) is 11.2 Å². The first-order chi connectivity index (χ1) is 28.6. The summed E-state index contributed by atoms with van der Waals surface area (Å²) in [5.74, 6) is -0.953. The third kappa shape index (κ3) is 7.75. The molecule has 2 unspecified atom stereocenters. The van der Waals surface area contributed by atoms with E-state index in [1.807, 2.05) is 0 Å². The van der Waals surface area contributed by atoms with Crippen molar-refractivity contribution >= 4 is 51.2 Å². The second-order valence-corrected chi connectivity index (χ2v) is 14.1. The van der Waals surface area contributed by atoms with E-state index in [1.54, 1.807) is 13.0 Å². The standard InChI is InChI=1S/C14H13F3N2O2.2C12H11F3N2O3/c1-2-20-13-6-9(14(15,16)17)8-5-12-11(7-10(8)19-13)18-3-4-21-12;13-12(14,15)11(19)5-8(18)17-3-4-20-7-2-1-6(16)9(11)10(7)17;13-12(14,15)11(19)5-8(18)17-6-1-2-7-10(9(6)11)16-3-4-20-7/h5-7,18H,2-4H2,1H3;1-2,19H,3-5,16H2;1-2,16,19H,3-5H2,(H,17,18). The van der Waals surface area contributed by atoms with Crippen molar-refractivity contribution in [3.05, 3.63) is 59.2 Å². The highest BCUT2D eigenvalue weighted by Crippen LogP contribution is 2.55. The van der Waals surface area contributed by atoms with Crippen LogP contribution in [-0.2, 0) is 27.0 Å². The van der Waals surface area contributed by atoms with Gasteiger partial charge in [-0.15, -0.1) is 0 Å². The van der Waals surface area contributed by atoms with Gasteiger partial charge < -0.3 is 55.7 Å². The molecule has 61 heavy (non-hydrogen) atoms. The maximum Gasteiger partial charge on any atom is 0.422 e. The predicted molar refractivity (Wildman–Crippen MR) is 199 cm³/mol. The zero-order chi connectivity index (χ0) is 44.3. The minimum absolute atomic E-state index is 0.00778. The molecule has 0 fully saturated rings. The van der Waals surface area contributed by atoms with Crippen LogP contribution in [0, 0.1) is 0 Å². The molecule has 0 radical (unpaired) electrons. The van der Waals surface area contributed by atoms with Gasteiger partial charge >= 0.3 is 18.5 Å². The van der Waals surface area contributed by atoms with Gasteiger partial charge in [-0.1, -0.05) is 0 Å². The maximum atomic E-state index is 13.2. The molecule has 0 saturated carbocycles. The summed E-state index contributed by atoms with van der Waals surface area (Å²) in [5.41, 5.74) is -1.94. The molecular formula is C38H35F9N6O8. The number of hydrogen-bond donors (Lipinski definition) is 6. The summed E-state index contributed by atoms with van der Waals surface area (Å²) in [6, 6.07) is 9.26. The van der Waals surface area contributed by atoms with Crippen LogP contribution in [0.4, 0.5) is 68.0 Å². The quantitative estimate of drug-likeness (QED) is 0.0992. The fourth-order valence-electron chi connectivity index (χ4n) is 7.46. The number of carbonyl (C=O) groups excluding carboxylic acids is 2. The number of amides is 2. The summed E-state index contributed by atoms with van der Waals surface area (Å²) in [5, 5.41) is 28.4. The van der Waals surface area contributed by atoms with Gasteiger partial charge in [0, 0.05) is 47.0 Å². The van der Waals surface area contributed by atoms with E-state index >= 15 is 0 Å². The smallest absolute Gasteiger partial charge is 0.422 e. The molecule has 1 aromatic heterocycles. The zero-order valence-corrected chi connectivity index (χ0v) is 31.6. The van der Waals surface area contributed by atoms with E-state index in [9.17, 15) is 59.3 Å². The summed E-state index contributed by atoms with van der Waals surface area (Å²) in [6.07, 6.45) is -16.6. The van der Waals surface area contributed by atoms with Crippen LogP contribution in [0.2, 0.25) is 0 Å². The number of hydrogen-bond acceptors (Lipinski definition) is 12. The molecule has 0 aliphatic carbocycles. The first kappa shape index (κ1) is 43.0. The van der Waals surface area contributed by atoms with Crippen molar-refractivity contribution in [1.29, 1.82) is 0 Å². The monoisotopic (exact) mass is 874 g/mol. The number of rotatable bonds is 2. The van der Waals surface area contributed by atoms with Crippen LogP contribution < -0.4 is 45.5 Å². The van der Waals surface area contributed by atoms with Crippen molar-refractivity contribution in [1.82, 2.24) is 4.98 Å². The number of aliphatic hydroxyl groups is 2. The third-order valence-electron chi connectivity index (χ3n) is 10.2. The Kier molecular flexibility index (Phi) is 10.9. The lowest BCUT2D eigenvalue weighted by Crippen LogP contribution is -2.54. The average Bonchev–Trinajstić information content (AvgIpc) is 3.18. The number of ether oxygens (including phenoxy) is 4. The summed E-state index contributed by atoms with van der Waals surface area (Å²) in [4.78, 5) is 28.7. The number of nitrogens with zero attached hydrogens (tertiary/aromatic N) is 2. The number of nitrogen functional groups attached to an aromatic ring is 1. The first-order valence-electron chi connectivity index (χ1n) is 18.4. The number of fused-ring (bicyclic) bond motifs is 5. The second-order valence-electron chi connectivity index (χ2n) is 14.1. The van der Waals surface area contributed by atoms with Crippen LogP contribution >= 0.6 is 0 Å². The molecule has 328 valence electrons. The van der Waals surface area contributed by atoms with Crippen LogP contribution in [-0.4, -0.2) is 85.4 Å². The molecule has 0 saturated heterocycles. The van der Waals surface area contributed by atoms with Gasteiger partial charge in [0.25, 0.3) is 0 Å². The average molecular weight is 875 g/mol. The zero-order valence-electron chi connectivity index (χ0n) is 31.6. The van der Waals surface area contributed by atoms with Gasteiger partial charge in [-0.25, -0.2) is 4.98 Å². The number of nitrogens with two attached hydrogens (primary N) is 1. The van der Waals surface area contributed by atoms with E-state index in [0.717, 1.165) is 6.07 Å². The SMILES string of the molecule is CCOc1cc(C(F)(F)F)c2cc3c(cc2n1)NCCO3.Nc1ccc2c3c1C(O)(C(F)(F)F)CC(=O)N3CCO2.O=C1CC(O)(C(F)(F)F)c2c(ccc3c2NCCO3)N1. The fraction of sp³-hybridized carbons (Fsp3) is 0.395. The van der Waals surface area contributed by atoms with Gasteiger partial charge in [0.2, 0.25) is 17.7 Å². The van der Waals surface area contributed by atoms with Crippen LogP contribution in [0.5, 0.6) is 23.1 Å². The third-order valence-corrected chi connectivity index (χ3v) is 10.2. The van der Waals surface area contributed by atoms with Crippen molar-refractivity contribution in [3.63, 3.8) is 0 Å². The van der Waals surface area contributed by atoms with Crippen LogP contribution in [0.3, 0.4) is 0 Å². The maximum absolute atomic E-state index is 13.2. The second kappa shape index (κ2) is 15.4. The van der Waals surface area contributed by atoms with Gasteiger partial charge in [0.1, 0.15) is 37.1 Å². The lowest BCUT2D eigenvalue weighted by atomic mass is 9.82. The Balaban J connectivity index is 0.000000138. The molecule has 2 atom stereocenters. The summed E-state index contributed by atoms with van der Waals surface area (Å²) in [6.45, 7) is 3.94. The Labute approximate surface area is 338 Å². The molecule has 23 heteroatoms. The molecular weight excluding hydrogens is 839 g/mol. The van der Waals surface area contributed by atoms with Crippen LogP contribution in [0.1, 0.15) is 36.5 Å². The minimum Gasteiger partial charge on any atom is -0.490 e. The largest absolute Gasteiger partial charge is 0.490 e. The molecule has 7 N–H and O–H groups in total. The van der Waals surface area contributed by atoms with E-state index in [-0.39, 0.29) is 76.4 Å². The van der Waals surface area contributed by atoms with Gasteiger partial charge in [-0.05, 0) is 43.3 Å². The Morgan fingerprint density at radius 1 is 0.803 bits per heavy atom. The highest BCUT2D eigenvalue weighted by atomic mass is 19.4. The molecule has 0 spiro atoms. The van der Waals surface area contributed by atoms with Crippen molar-refractivity contribution in [2.75, 3.05) is 72.6 Å². The van der Waals surface area contributed by atoms with Crippen molar-refractivity contribution in [3.8, 4) is 23.1 Å². The summed E-state index contributed by atoms with van der Waals surface area (Å²) in [7, 11) is 0. The van der Waals surface area contributed by atoms with Gasteiger partial charge in [-0.3, -0.25) is 9.59 Å². The van der Waals surface area contributed by atoms with E-state index in [2.05, 4.69) is 20.9 Å². The molecule has 2 amide bonds. The minimum atomic E-state index is -5.00. The molecule has 6 heterocycles. The number of anilines is 5. The normalized spacial score (nSPS) is 21.3. The van der Waals surface area contributed by atoms with Crippen LogP contribution in [0.25, 0.3) is 10.9 Å². The highest BCUT2D eigenvalue weighted by molar-refractivity contribution is 6.01. The molecule has 5 aliphatic heterocycles. The number of carbonyl (C=O) groups is 2. The number of benzene rings is 3. The number of nitrogens with one attached hydrogen (secondary N) is 3. The number of halogens is 9. The number of pyridine rings is 1. The molecule has 9 rings (SSSR count). The summed E-state index contributed by atoms with van der Waals surface area (Å²) >= 11 is 0. The fourth-order valence-corrected chi connectivity index (χ4v) is 7.46. The number of aromatic nitrogens is 1. The predicted octanol–water partition coefficient (Wildman–Crippen LogP) is 6.19. The Morgan fingerprint density at radius 2 is 1.44 bits per heavy atom. The van der Waals surface area contributed by atoms with Gasteiger partial charge in [-0.2, -0.15) is 39.5 Å². The molecule has 14 nitrogen and oxygen atoms in total. The molecule has 4 aromatic rings. The van der Waals surface area contributed by atoms with Gasteiger partial charge in [0.05, 0.1) is 54.1 Å². The lowest BCUT2D eigenvalue weighted by molar-refractivity contribution is -0.267. The van der Waals surface area contributed by atoms with Crippen molar-refractivity contribution < 1.29 is 78.3 Å². The molecule has 3 aromatic carbocycles. The van der Waals surface area contributed by atoms with Crippen LogP contribution in [0.15, 0.2) is 42.5 Å². The van der Waals surface area contributed by atoms with E-state index in [1.165, 1.54) is 35.2 Å². The van der Waals surface area contributed by atoms with Crippen molar-refractivity contribution in [2.45, 2.75) is 49.5 Å². The first-order valence-corrected chi connectivity index (χ1v) is 18.4. The van der Waals surface area contributed by atoms with E-state index in [4.69, 9.17) is 24.7 Å². The Bertz CT molecular complexity index is 2380.